The largest absolute Gasteiger partial charge is 0.406 e. The summed E-state index contributed by atoms with van der Waals surface area (Å²) in [5, 5.41) is 8.59. The van der Waals surface area contributed by atoms with E-state index in [1.54, 1.807) is 0 Å². The topological polar surface area (TPSA) is 58.4 Å². The van der Waals surface area contributed by atoms with Gasteiger partial charge in [-0.2, -0.15) is 13.2 Å². The van der Waals surface area contributed by atoms with Gasteiger partial charge in [0, 0.05) is 18.9 Å². The van der Waals surface area contributed by atoms with Gasteiger partial charge in [0.15, 0.2) is 0 Å². The monoisotopic (exact) mass is 237 g/mol. The molecule has 0 aliphatic rings. The third kappa shape index (κ3) is 3.54. The van der Waals surface area contributed by atoms with Crippen LogP contribution in [-0.2, 0) is 0 Å². The summed E-state index contributed by atoms with van der Waals surface area (Å²) >= 11 is 0. The van der Waals surface area contributed by atoms with Crippen LogP contribution in [0, 0.1) is 0 Å². The number of rotatable bonds is 3. The molecule has 0 aliphatic carbocycles. The van der Waals surface area contributed by atoms with Crippen LogP contribution in [0.5, 0.6) is 0 Å². The molecule has 0 fully saturated rings. The molecule has 1 rings (SSSR count). The smallest absolute Gasteiger partial charge is 0.395 e. The van der Waals surface area contributed by atoms with Crippen molar-refractivity contribution in [3.63, 3.8) is 0 Å². The summed E-state index contributed by atoms with van der Waals surface area (Å²) < 4.78 is 37.3. The molecule has 0 saturated carbocycles. The van der Waals surface area contributed by atoms with Crippen molar-refractivity contribution in [2.75, 3.05) is 19.7 Å². The number of hydrogen-bond donors (Lipinski definition) is 1. The van der Waals surface area contributed by atoms with E-state index in [-0.39, 0.29) is 6.54 Å². The van der Waals surface area contributed by atoms with Gasteiger partial charge in [-0.25, -0.2) is 9.78 Å². The van der Waals surface area contributed by atoms with Gasteiger partial charge in [0.1, 0.15) is 12.9 Å². The van der Waals surface area contributed by atoms with Crippen molar-refractivity contribution in [2.45, 2.75) is 6.18 Å². The van der Waals surface area contributed by atoms with Crippen LogP contribution < -0.4 is 0 Å². The van der Waals surface area contributed by atoms with Gasteiger partial charge in [-0.1, -0.05) is 0 Å². The summed E-state index contributed by atoms with van der Waals surface area (Å²) in [7, 11) is 0. The van der Waals surface area contributed by atoms with Crippen LogP contribution in [0.2, 0.25) is 0 Å². The Hall–Kier alpha value is -1.57. The molecule has 1 N–H and O–H groups in total. The summed E-state index contributed by atoms with van der Waals surface area (Å²) in [5.41, 5.74) is 0. The highest BCUT2D eigenvalue weighted by Gasteiger charge is 2.33. The van der Waals surface area contributed by atoms with Crippen molar-refractivity contribution in [1.82, 2.24) is 14.5 Å². The molecule has 1 heterocycles. The third-order valence-electron chi connectivity index (χ3n) is 1.74. The number of aliphatic hydroxyl groups excluding tert-OH is 1. The number of nitrogens with zero attached hydrogens (tertiary/aromatic N) is 3. The summed E-state index contributed by atoms with van der Waals surface area (Å²) in [4.78, 5) is 15.6. The molecule has 1 amide bonds. The van der Waals surface area contributed by atoms with Gasteiger partial charge in [0.05, 0.1) is 6.61 Å². The number of imidazole rings is 1. The maximum atomic E-state index is 12.1. The second-order valence-electron chi connectivity index (χ2n) is 3.01. The van der Waals surface area contributed by atoms with Crippen molar-refractivity contribution >= 4 is 6.03 Å². The molecule has 5 nitrogen and oxygen atoms in total. The normalized spacial score (nSPS) is 11.5. The second-order valence-corrected chi connectivity index (χ2v) is 3.01. The van der Waals surface area contributed by atoms with E-state index in [0.717, 1.165) is 10.9 Å². The van der Waals surface area contributed by atoms with E-state index in [9.17, 15) is 18.0 Å². The molecular formula is C8H10F3N3O2. The molecule has 0 spiro atoms. The fourth-order valence-corrected chi connectivity index (χ4v) is 1.12. The van der Waals surface area contributed by atoms with Gasteiger partial charge < -0.3 is 10.0 Å². The lowest BCUT2D eigenvalue weighted by Crippen LogP contribution is -2.42. The molecule has 0 atom stereocenters. The van der Waals surface area contributed by atoms with Gasteiger partial charge in [0.2, 0.25) is 0 Å². The Morgan fingerprint density at radius 1 is 1.50 bits per heavy atom. The standard InChI is InChI=1S/C8H10F3N3O2/c9-8(10,11)5-13(3-4-15)7(16)14-2-1-12-6-14/h1-2,6,15H,3-5H2. The number of hydrogen-bond acceptors (Lipinski definition) is 3. The average Bonchev–Trinajstić information content (AvgIpc) is 2.66. The molecule has 16 heavy (non-hydrogen) atoms. The SMILES string of the molecule is O=C(N(CCO)CC(F)(F)F)n1ccnc1. The third-order valence-corrected chi connectivity index (χ3v) is 1.74. The van der Waals surface area contributed by atoms with E-state index in [0.29, 0.717) is 4.90 Å². The van der Waals surface area contributed by atoms with Crippen molar-refractivity contribution in [3.05, 3.63) is 18.7 Å². The molecule has 8 heteroatoms. The number of halogens is 3. The van der Waals surface area contributed by atoms with Crippen molar-refractivity contribution in [2.24, 2.45) is 0 Å². The molecule has 0 radical (unpaired) electrons. The number of carbonyl (C=O) groups excluding carboxylic acids is 1. The Labute approximate surface area is 89.1 Å². The first kappa shape index (κ1) is 12.5. The molecular weight excluding hydrogens is 227 g/mol. The predicted molar refractivity (Wildman–Crippen MR) is 47.7 cm³/mol. The zero-order chi connectivity index (χ0) is 12.2. The summed E-state index contributed by atoms with van der Waals surface area (Å²) in [6.07, 6.45) is -0.875. The van der Waals surface area contributed by atoms with E-state index >= 15 is 0 Å². The van der Waals surface area contributed by atoms with E-state index in [4.69, 9.17) is 5.11 Å². The van der Waals surface area contributed by atoms with Crippen LogP contribution in [0.1, 0.15) is 0 Å². The minimum atomic E-state index is -4.49. The Kier molecular flexibility index (Phi) is 3.88. The molecule has 90 valence electrons. The molecule has 0 aromatic carbocycles. The summed E-state index contributed by atoms with van der Waals surface area (Å²) in [6, 6.07) is -0.871. The fraction of sp³-hybridized carbons (Fsp3) is 0.500. The molecule has 0 aliphatic heterocycles. The maximum Gasteiger partial charge on any atom is 0.406 e. The lowest BCUT2D eigenvalue weighted by molar-refractivity contribution is -0.140. The van der Waals surface area contributed by atoms with E-state index in [1.165, 1.54) is 12.4 Å². The second kappa shape index (κ2) is 4.97. The first-order chi connectivity index (χ1) is 7.44. The van der Waals surface area contributed by atoms with E-state index < -0.39 is 25.4 Å². The minimum absolute atomic E-state index is 0.378. The Morgan fingerprint density at radius 3 is 2.62 bits per heavy atom. The van der Waals surface area contributed by atoms with E-state index in [2.05, 4.69) is 4.98 Å². The first-order valence-electron chi connectivity index (χ1n) is 4.39. The lowest BCUT2D eigenvalue weighted by atomic mass is 10.5. The first-order valence-corrected chi connectivity index (χ1v) is 4.39. The average molecular weight is 237 g/mol. The number of alkyl halides is 3. The highest BCUT2D eigenvalue weighted by Crippen LogP contribution is 2.16. The zero-order valence-corrected chi connectivity index (χ0v) is 8.18. The molecule has 0 bridgehead atoms. The zero-order valence-electron chi connectivity index (χ0n) is 8.18. The lowest BCUT2D eigenvalue weighted by Gasteiger charge is -2.22. The molecule has 0 saturated heterocycles. The van der Waals surface area contributed by atoms with Crippen molar-refractivity contribution < 1.29 is 23.1 Å². The minimum Gasteiger partial charge on any atom is -0.395 e. The summed E-state index contributed by atoms with van der Waals surface area (Å²) in [5.74, 6) is 0. The molecule has 1 aromatic rings. The fourth-order valence-electron chi connectivity index (χ4n) is 1.12. The van der Waals surface area contributed by atoms with Crippen LogP contribution in [0.4, 0.5) is 18.0 Å². The molecule has 1 aromatic heterocycles. The van der Waals surface area contributed by atoms with Crippen LogP contribution in [-0.4, -0.2) is 51.5 Å². The maximum absolute atomic E-state index is 12.1. The van der Waals surface area contributed by atoms with Gasteiger partial charge in [0.25, 0.3) is 0 Å². The number of aromatic nitrogens is 2. The summed E-state index contributed by atoms with van der Waals surface area (Å²) in [6.45, 7) is -2.31. The highest BCUT2D eigenvalue weighted by molar-refractivity contribution is 5.76. The van der Waals surface area contributed by atoms with Gasteiger partial charge in [-0.3, -0.25) is 4.57 Å². The number of carbonyl (C=O) groups is 1. The van der Waals surface area contributed by atoms with Crippen LogP contribution >= 0.6 is 0 Å². The predicted octanol–water partition coefficient (Wildman–Crippen LogP) is 0.708. The van der Waals surface area contributed by atoms with Crippen molar-refractivity contribution in [1.29, 1.82) is 0 Å². The quantitative estimate of drug-likeness (QED) is 0.842. The van der Waals surface area contributed by atoms with Gasteiger partial charge >= 0.3 is 12.2 Å². The Morgan fingerprint density at radius 2 is 2.19 bits per heavy atom. The molecule has 0 unspecified atom stereocenters. The Bertz CT molecular complexity index is 337. The van der Waals surface area contributed by atoms with Gasteiger partial charge in [-0.15, -0.1) is 0 Å². The number of amides is 1. The van der Waals surface area contributed by atoms with Gasteiger partial charge in [-0.05, 0) is 0 Å². The Balaban J connectivity index is 2.74. The number of aliphatic hydroxyl groups is 1. The van der Waals surface area contributed by atoms with E-state index in [1.807, 2.05) is 0 Å². The highest BCUT2D eigenvalue weighted by atomic mass is 19.4. The van der Waals surface area contributed by atoms with Crippen molar-refractivity contribution in [3.8, 4) is 0 Å². The van der Waals surface area contributed by atoms with Crippen LogP contribution in [0.25, 0.3) is 0 Å². The van der Waals surface area contributed by atoms with Crippen LogP contribution in [0.3, 0.4) is 0 Å². The van der Waals surface area contributed by atoms with Crippen LogP contribution in [0.15, 0.2) is 18.7 Å².